The molecule has 0 bridgehead atoms. The predicted molar refractivity (Wildman–Crippen MR) is 46.0 cm³/mol. The van der Waals surface area contributed by atoms with Gasteiger partial charge in [-0.05, 0) is 19.1 Å². The highest BCUT2D eigenvalue weighted by Gasteiger charge is 2.19. The van der Waals surface area contributed by atoms with Gasteiger partial charge in [0, 0.05) is 0 Å². The minimum Gasteiger partial charge on any atom is -0.478 e. The predicted octanol–water partition coefficient (Wildman–Crippen LogP) is 0.394. The quantitative estimate of drug-likeness (QED) is 0.686. The molecule has 13 heavy (non-hydrogen) atoms. The van der Waals surface area contributed by atoms with Crippen molar-refractivity contribution in [1.82, 2.24) is 10.5 Å². The smallest absolute Gasteiger partial charge is 0.265 e. The highest BCUT2D eigenvalue weighted by atomic mass is 16.5. The molecular weight excluding hydrogens is 172 g/mol. The Kier molecular flexibility index (Phi) is 3.02. The van der Waals surface area contributed by atoms with E-state index in [0.717, 1.165) is 0 Å². The molecule has 1 heterocycles. The standard InChI is InChI=1S/C8H12N2O3/c1-5-7(6(11)4-9-2)8(12-3)10-13-5/h9H,4H2,1-3H3. The number of carbonyl (C=O) groups excluding carboxylic acids is 1. The van der Waals surface area contributed by atoms with E-state index in [1.54, 1.807) is 14.0 Å². The van der Waals surface area contributed by atoms with Crippen LogP contribution in [0.5, 0.6) is 5.88 Å². The van der Waals surface area contributed by atoms with E-state index in [-0.39, 0.29) is 18.2 Å². The van der Waals surface area contributed by atoms with Crippen LogP contribution in [0.1, 0.15) is 16.1 Å². The fourth-order valence-electron chi connectivity index (χ4n) is 1.06. The monoisotopic (exact) mass is 184 g/mol. The Morgan fingerprint density at radius 3 is 2.92 bits per heavy atom. The first-order valence-corrected chi connectivity index (χ1v) is 3.88. The fraction of sp³-hybridized carbons (Fsp3) is 0.500. The van der Waals surface area contributed by atoms with Crippen molar-refractivity contribution in [3.63, 3.8) is 0 Å². The van der Waals surface area contributed by atoms with Crippen LogP contribution in [0.4, 0.5) is 0 Å². The lowest BCUT2D eigenvalue weighted by Crippen LogP contribution is -2.19. The second-order valence-corrected chi connectivity index (χ2v) is 2.58. The molecule has 5 heteroatoms. The minimum atomic E-state index is -0.0851. The summed E-state index contributed by atoms with van der Waals surface area (Å²) < 4.78 is 9.71. The van der Waals surface area contributed by atoms with Gasteiger partial charge in [-0.25, -0.2) is 0 Å². The Bertz CT molecular complexity index is 306. The van der Waals surface area contributed by atoms with Gasteiger partial charge in [0.1, 0.15) is 11.3 Å². The van der Waals surface area contributed by atoms with Gasteiger partial charge in [-0.1, -0.05) is 0 Å². The molecule has 5 nitrogen and oxygen atoms in total. The third-order valence-corrected chi connectivity index (χ3v) is 1.64. The second kappa shape index (κ2) is 4.04. The number of rotatable bonds is 4. The Hall–Kier alpha value is -1.36. The number of aromatic nitrogens is 1. The van der Waals surface area contributed by atoms with Crippen LogP contribution in [0.3, 0.4) is 0 Å². The van der Waals surface area contributed by atoms with Crippen LogP contribution in [0.2, 0.25) is 0 Å². The van der Waals surface area contributed by atoms with Crippen LogP contribution >= 0.6 is 0 Å². The van der Waals surface area contributed by atoms with Gasteiger partial charge in [0.2, 0.25) is 0 Å². The van der Waals surface area contributed by atoms with Gasteiger partial charge in [-0.15, -0.1) is 0 Å². The third-order valence-electron chi connectivity index (χ3n) is 1.64. The van der Waals surface area contributed by atoms with Gasteiger partial charge in [0.25, 0.3) is 5.88 Å². The van der Waals surface area contributed by atoms with Crippen molar-refractivity contribution in [3.05, 3.63) is 11.3 Å². The number of methoxy groups -OCH3 is 1. The number of aryl methyl sites for hydroxylation is 1. The molecule has 0 aliphatic rings. The Labute approximate surface area is 76.0 Å². The van der Waals surface area contributed by atoms with Crippen molar-refractivity contribution in [2.45, 2.75) is 6.92 Å². The Morgan fingerprint density at radius 1 is 1.69 bits per heavy atom. The molecule has 0 aromatic carbocycles. The van der Waals surface area contributed by atoms with Gasteiger partial charge < -0.3 is 14.6 Å². The number of nitrogens with one attached hydrogen (secondary N) is 1. The van der Waals surface area contributed by atoms with E-state index in [9.17, 15) is 4.79 Å². The maximum absolute atomic E-state index is 11.5. The second-order valence-electron chi connectivity index (χ2n) is 2.58. The summed E-state index contributed by atoms with van der Waals surface area (Å²) in [4.78, 5) is 11.5. The van der Waals surface area contributed by atoms with E-state index in [2.05, 4.69) is 10.5 Å². The van der Waals surface area contributed by atoms with E-state index in [4.69, 9.17) is 9.26 Å². The zero-order valence-electron chi connectivity index (χ0n) is 7.88. The number of carbonyl (C=O) groups is 1. The summed E-state index contributed by atoms with van der Waals surface area (Å²) in [6.45, 7) is 1.93. The number of hydrogen-bond donors (Lipinski definition) is 1. The molecule has 0 fully saturated rings. The SMILES string of the molecule is CNCC(=O)c1c(OC)noc1C. The van der Waals surface area contributed by atoms with Gasteiger partial charge in [0.15, 0.2) is 5.78 Å². The van der Waals surface area contributed by atoms with Gasteiger partial charge in [0.05, 0.1) is 13.7 Å². The van der Waals surface area contributed by atoms with Crippen LogP contribution in [0.25, 0.3) is 0 Å². The van der Waals surface area contributed by atoms with Crippen LogP contribution in [0, 0.1) is 6.92 Å². The van der Waals surface area contributed by atoms with E-state index in [0.29, 0.717) is 11.3 Å². The van der Waals surface area contributed by atoms with Crippen molar-refractivity contribution in [1.29, 1.82) is 0 Å². The van der Waals surface area contributed by atoms with Crippen molar-refractivity contribution in [2.24, 2.45) is 0 Å². The topological polar surface area (TPSA) is 64.4 Å². The van der Waals surface area contributed by atoms with Gasteiger partial charge in [-0.3, -0.25) is 4.79 Å². The highest BCUT2D eigenvalue weighted by Crippen LogP contribution is 2.20. The molecule has 1 aromatic rings. The molecular formula is C8H12N2O3. The number of nitrogens with zero attached hydrogens (tertiary/aromatic N) is 1. The van der Waals surface area contributed by atoms with E-state index >= 15 is 0 Å². The maximum Gasteiger partial charge on any atom is 0.265 e. The molecule has 0 atom stereocenters. The molecule has 0 saturated heterocycles. The van der Waals surface area contributed by atoms with Gasteiger partial charge in [-0.2, -0.15) is 0 Å². The van der Waals surface area contributed by atoms with Crippen molar-refractivity contribution < 1.29 is 14.1 Å². The first kappa shape index (κ1) is 9.73. The Balaban J connectivity index is 2.96. The lowest BCUT2D eigenvalue weighted by Gasteiger charge is -1.98. The van der Waals surface area contributed by atoms with E-state index in [1.165, 1.54) is 7.11 Å². The first-order valence-electron chi connectivity index (χ1n) is 3.88. The summed E-state index contributed by atoms with van der Waals surface area (Å²) in [6.07, 6.45) is 0. The Morgan fingerprint density at radius 2 is 2.38 bits per heavy atom. The van der Waals surface area contributed by atoms with Crippen LogP contribution in [-0.2, 0) is 0 Å². The van der Waals surface area contributed by atoms with Crippen molar-refractivity contribution in [3.8, 4) is 5.88 Å². The largest absolute Gasteiger partial charge is 0.478 e. The number of likely N-dealkylation sites (N-methyl/N-ethyl adjacent to an activating group) is 1. The zero-order valence-corrected chi connectivity index (χ0v) is 7.88. The molecule has 72 valence electrons. The fourth-order valence-corrected chi connectivity index (χ4v) is 1.06. The average molecular weight is 184 g/mol. The third kappa shape index (κ3) is 1.86. The van der Waals surface area contributed by atoms with Gasteiger partial charge >= 0.3 is 0 Å². The van der Waals surface area contributed by atoms with Crippen LogP contribution in [-0.4, -0.2) is 31.6 Å². The molecule has 0 saturated carbocycles. The maximum atomic E-state index is 11.5. The lowest BCUT2D eigenvalue weighted by atomic mass is 10.2. The summed E-state index contributed by atoms with van der Waals surface area (Å²) in [6, 6.07) is 0. The number of ketones is 1. The molecule has 0 unspecified atom stereocenters. The lowest BCUT2D eigenvalue weighted by molar-refractivity contribution is 0.0989. The molecule has 0 aliphatic heterocycles. The molecule has 0 amide bonds. The number of hydrogen-bond acceptors (Lipinski definition) is 5. The first-order chi connectivity index (χ1) is 6.20. The summed E-state index contributed by atoms with van der Waals surface area (Å²) in [7, 11) is 3.15. The normalized spacial score (nSPS) is 10.1. The van der Waals surface area contributed by atoms with E-state index in [1.807, 2.05) is 0 Å². The molecule has 1 N–H and O–H groups in total. The van der Waals surface area contributed by atoms with Crippen molar-refractivity contribution >= 4 is 5.78 Å². The molecule has 0 spiro atoms. The summed E-state index contributed by atoms with van der Waals surface area (Å²) in [5, 5.41) is 6.35. The highest BCUT2D eigenvalue weighted by molar-refractivity contribution is 6.00. The van der Waals surface area contributed by atoms with Crippen molar-refractivity contribution in [2.75, 3.05) is 20.7 Å². The van der Waals surface area contributed by atoms with Crippen LogP contribution < -0.4 is 10.1 Å². The number of Topliss-reactive ketones (excluding diaryl/α,β-unsaturated/α-hetero) is 1. The molecule has 0 radical (unpaired) electrons. The zero-order chi connectivity index (χ0) is 9.84. The molecule has 1 rings (SSSR count). The minimum absolute atomic E-state index is 0.0851. The van der Waals surface area contributed by atoms with Crippen LogP contribution in [0.15, 0.2) is 4.52 Å². The summed E-state index contributed by atoms with van der Waals surface area (Å²) in [5.74, 6) is 0.646. The summed E-state index contributed by atoms with van der Waals surface area (Å²) >= 11 is 0. The average Bonchev–Trinajstić information content (AvgIpc) is 2.47. The molecule has 0 aliphatic carbocycles. The molecule has 1 aromatic heterocycles. The summed E-state index contributed by atoms with van der Waals surface area (Å²) in [5.41, 5.74) is 0.414. The number of ether oxygens (including phenoxy) is 1. The van der Waals surface area contributed by atoms with E-state index < -0.39 is 0 Å².